The lowest BCUT2D eigenvalue weighted by Gasteiger charge is -2.11. The topological polar surface area (TPSA) is 9.23 Å². The molecule has 1 unspecified atom stereocenters. The van der Waals surface area contributed by atoms with Crippen molar-refractivity contribution in [1.29, 1.82) is 0 Å². The first-order chi connectivity index (χ1) is 7.83. The van der Waals surface area contributed by atoms with Crippen LogP contribution < -0.4 is 4.74 Å². The van der Waals surface area contributed by atoms with Crippen molar-refractivity contribution in [3.63, 3.8) is 0 Å². The molecule has 0 spiro atoms. The van der Waals surface area contributed by atoms with E-state index in [0.717, 1.165) is 18.3 Å². The van der Waals surface area contributed by atoms with Gasteiger partial charge in [0.2, 0.25) is 0 Å². The molecule has 0 saturated carbocycles. The van der Waals surface area contributed by atoms with E-state index in [0.29, 0.717) is 0 Å². The van der Waals surface area contributed by atoms with Crippen molar-refractivity contribution in [1.82, 2.24) is 0 Å². The standard InChI is InChI=1S/C15H24O/c1-3-4-9-14(2)10-8-13-16-15-11-6-5-7-12-15/h5-7,11-12,14H,3-4,8-10,13H2,1-2H3. The van der Waals surface area contributed by atoms with Crippen LogP contribution in [-0.2, 0) is 0 Å². The number of hydrogen-bond donors (Lipinski definition) is 0. The Balaban J connectivity index is 2.03. The van der Waals surface area contributed by atoms with Crippen molar-refractivity contribution in [3.05, 3.63) is 30.3 Å². The van der Waals surface area contributed by atoms with Gasteiger partial charge >= 0.3 is 0 Å². The molecule has 90 valence electrons. The summed E-state index contributed by atoms with van der Waals surface area (Å²) in [7, 11) is 0. The Morgan fingerprint density at radius 3 is 2.44 bits per heavy atom. The van der Waals surface area contributed by atoms with Gasteiger partial charge in [-0.2, -0.15) is 0 Å². The third-order valence-electron chi connectivity index (χ3n) is 2.90. The molecule has 1 heteroatoms. The zero-order chi connectivity index (χ0) is 11.6. The fraction of sp³-hybridized carbons (Fsp3) is 0.600. The highest BCUT2D eigenvalue weighted by Crippen LogP contribution is 2.15. The van der Waals surface area contributed by atoms with Gasteiger partial charge in [-0.1, -0.05) is 51.3 Å². The number of rotatable bonds is 8. The molecule has 0 aliphatic heterocycles. The van der Waals surface area contributed by atoms with Gasteiger partial charge in [0, 0.05) is 0 Å². The number of benzene rings is 1. The van der Waals surface area contributed by atoms with E-state index < -0.39 is 0 Å². The summed E-state index contributed by atoms with van der Waals surface area (Å²) in [6.45, 7) is 5.45. The Hall–Kier alpha value is -0.980. The Morgan fingerprint density at radius 1 is 1.06 bits per heavy atom. The van der Waals surface area contributed by atoms with Crippen molar-refractivity contribution in [2.75, 3.05) is 6.61 Å². The highest BCUT2D eigenvalue weighted by atomic mass is 16.5. The van der Waals surface area contributed by atoms with Crippen LogP contribution in [0.5, 0.6) is 5.75 Å². The minimum Gasteiger partial charge on any atom is -0.494 e. The van der Waals surface area contributed by atoms with Crippen molar-refractivity contribution >= 4 is 0 Å². The van der Waals surface area contributed by atoms with Gasteiger partial charge in [-0.05, 0) is 30.9 Å². The molecule has 1 atom stereocenters. The lowest BCUT2D eigenvalue weighted by atomic mass is 9.99. The van der Waals surface area contributed by atoms with E-state index in [1.54, 1.807) is 0 Å². The number of ether oxygens (including phenoxy) is 1. The van der Waals surface area contributed by atoms with Crippen LogP contribution in [0, 0.1) is 5.92 Å². The van der Waals surface area contributed by atoms with Gasteiger partial charge in [0.1, 0.15) is 5.75 Å². The molecule has 16 heavy (non-hydrogen) atoms. The largest absolute Gasteiger partial charge is 0.494 e. The van der Waals surface area contributed by atoms with E-state index >= 15 is 0 Å². The molecule has 0 fully saturated rings. The van der Waals surface area contributed by atoms with E-state index in [4.69, 9.17) is 4.74 Å². The summed E-state index contributed by atoms with van der Waals surface area (Å²) in [5.74, 6) is 1.84. The van der Waals surface area contributed by atoms with Crippen LogP contribution in [-0.4, -0.2) is 6.61 Å². The third-order valence-corrected chi connectivity index (χ3v) is 2.90. The first-order valence-corrected chi connectivity index (χ1v) is 6.50. The molecule has 0 aliphatic carbocycles. The number of para-hydroxylation sites is 1. The fourth-order valence-electron chi connectivity index (χ4n) is 1.84. The maximum atomic E-state index is 5.66. The summed E-state index contributed by atoms with van der Waals surface area (Å²) in [6.07, 6.45) is 6.49. The summed E-state index contributed by atoms with van der Waals surface area (Å²) in [4.78, 5) is 0. The van der Waals surface area contributed by atoms with Gasteiger partial charge in [0.15, 0.2) is 0 Å². The normalized spacial score (nSPS) is 12.4. The molecule has 1 aromatic carbocycles. The van der Waals surface area contributed by atoms with E-state index in [1.165, 1.54) is 32.1 Å². The second-order valence-electron chi connectivity index (χ2n) is 4.55. The average molecular weight is 220 g/mol. The minimum absolute atomic E-state index is 0.847. The van der Waals surface area contributed by atoms with Gasteiger partial charge < -0.3 is 4.74 Å². The van der Waals surface area contributed by atoms with Crippen LogP contribution in [0.15, 0.2) is 30.3 Å². The smallest absolute Gasteiger partial charge is 0.119 e. The molecule has 1 nitrogen and oxygen atoms in total. The van der Waals surface area contributed by atoms with Crippen molar-refractivity contribution < 1.29 is 4.74 Å². The van der Waals surface area contributed by atoms with Gasteiger partial charge in [-0.3, -0.25) is 0 Å². The Kier molecular flexibility index (Phi) is 6.71. The summed E-state index contributed by atoms with van der Waals surface area (Å²) >= 11 is 0. The van der Waals surface area contributed by atoms with Gasteiger partial charge in [-0.25, -0.2) is 0 Å². The van der Waals surface area contributed by atoms with Crippen LogP contribution in [0.2, 0.25) is 0 Å². The number of unbranched alkanes of at least 4 members (excludes halogenated alkanes) is 1. The maximum Gasteiger partial charge on any atom is 0.119 e. The SMILES string of the molecule is CCCCC(C)CCCOc1ccccc1. The third kappa shape index (κ3) is 5.79. The summed E-state index contributed by atoms with van der Waals surface area (Å²) in [6, 6.07) is 10.1. The zero-order valence-corrected chi connectivity index (χ0v) is 10.6. The molecule has 0 radical (unpaired) electrons. The fourth-order valence-corrected chi connectivity index (χ4v) is 1.84. The second kappa shape index (κ2) is 8.20. The molecule has 0 heterocycles. The maximum absolute atomic E-state index is 5.66. The molecule has 0 aromatic heterocycles. The molecular formula is C15H24O. The van der Waals surface area contributed by atoms with E-state index in [-0.39, 0.29) is 0 Å². The highest BCUT2D eigenvalue weighted by Gasteiger charge is 2.01. The highest BCUT2D eigenvalue weighted by molar-refractivity contribution is 5.20. The Morgan fingerprint density at radius 2 is 1.75 bits per heavy atom. The lowest BCUT2D eigenvalue weighted by Crippen LogP contribution is -2.01. The van der Waals surface area contributed by atoms with Crippen molar-refractivity contribution in [2.45, 2.75) is 46.0 Å². The predicted molar refractivity (Wildman–Crippen MR) is 69.9 cm³/mol. The van der Waals surface area contributed by atoms with Crippen molar-refractivity contribution in [2.24, 2.45) is 5.92 Å². The van der Waals surface area contributed by atoms with Crippen molar-refractivity contribution in [3.8, 4) is 5.75 Å². The second-order valence-corrected chi connectivity index (χ2v) is 4.55. The number of hydrogen-bond acceptors (Lipinski definition) is 1. The van der Waals surface area contributed by atoms with E-state index in [9.17, 15) is 0 Å². The van der Waals surface area contributed by atoms with Gasteiger partial charge in [0.25, 0.3) is 0 Å². The monoisotopic (exact) mass is 220 g/mol. The van der Waals surface area contributed by atoms with Crippen LogP contribution in [0.4, 0.5) is 0 Å². The van der Waals surface area contributed by atoms with Crippen LogP contribution in [0.25, 0.3) is 0 Å². The molecule has 0 amide bonds. The average Bonchev–Trinajstić information content (AvgIpc) is 2.33. The molecule has 1 aromatic rings. The Bertz CT molecular complexity index is 255. The zero-order valence-electron chi connectivity index (χ0n) is 10.6. The molecule has 0 aliphatic rings. The lowest BCUT2D eigenvalue weighted by molar-refractivity contribution is 0.291. The van der Waals surface area contributed by atoms with E-state index in [2.05, 4.69) is 13.8 Å². The van der Waals surface area contributed by atoms with Gasteiger partial charge in [-0.15, -0.1) is 0 Å². The van der Waals surface area contributed by atoms with E-state index in [1.807, 2.05) is 30.3 Å². The molecule has 0 bridgehead atoms. The molecule has 1 rings (SSSR count). The quantitative estimate of drug-likeness (QED) is 0.578. The molecule has 0 saturated heterocycles. The van der Waals surface area contributed by atoms with Crippen LogP contribution >= 0.6 is 0 Å². The summed E-state index contributed by atoms with van der Waals surface area (Å²) in [5.41, 5.74) is 0. The summed E-state index contributed by atoms with van der Waals surface area (Å²) in [5, 5.41) is 0. The van der Waals surface area contributed by atoms with Crippen LogP contribution in [0.3, 0.4) is 0 Å². The summed E-state index contributed by atoms with van der Waals surface area (Å²) < 4.78 is 5.66. The predicted octanol–water partition coefficient (Wildman–Crippen LogP) is 4.67. The Labute approximate surface area is 99.8 Å². The minimum atomic E-state index is 0.847. The van der Waals surface area contributed by atoms with Gasteiger partial charge in [0.05, 0.1) is 6.61 Å². The van der Waals surface area contributed by atoms with Crippen LogP contribution in [0.1, 0.15) is 46.0 Å². The first kappa shape index (κ1) is 13.1. The molecular weight excluding hydrogens is 196 g/mol. The first-order valence-electron chi connectivity index (χ1n) is 6.50. The molecule has 0 N–H and O–H groups in total.